The van der Waals surface area contributed by atoms with E-state index in [4.69, 9.17) is 27.9 Å². The van der Waals surface area contributed by atoms with E-state index in [1.807, 2.05) is 0 Å². The second kappa shape index (κ2) is 13.6. The molecule has 1 amide bonds. The average molecular weight is 609 g/mol. The molecule has 3 rings (SSSR count). The van der Waals surface area contributed by atoms with Crippen molar-refractivity contribution in [1.29, 1.82) is 5.26 Å². The van der Waals surface area contributed by atoms with E-state index >= 15 is 0 Å². The van der Waals surface area contributed by atoms with Gasteiger partial charge in [-0.15, -0.1) is 4.99 Å². The maximum absolute atomic E-state index is 13.3. The smallest absolute Gasteiger partial charge is 0.387 e. The van der Waals surface area contributed by atoms with Gasteiger partial charge >= 0.3 is 12.6 Å². The van der Waals surface area contributed by atoms with Crippen molar-refractivity contribution in [2.24, 2.45) is 16.0 Å². The van der Waals surface area contributed by atoms with E-state index in [-0.39, 0.29) is 24.8 Å². The summed E-state index contributed by atoms with van der Waals surface area (Å²) < 4.78 is 35.1. The Labute approximate surface area is 246 Å². The number of guanidine groups is 1. The molecule has 0 radical (unpaired) electrons. The first-order valence-electron chi connectivity index (χ1n) is 12.4. The lowest BCUT2D eigenvalue weighted by molar-refractivity contribution is -0.168. The van der Waals surface area contributed by atoms with Crippen molar-refractivity contribution in [3.05, 3.63) is 58.1 Å². The highest BCUT2D eigenvalue weighted by Crippen LogP contribution is 2.29. The van der Waals surface area contributed by atoms with Crippen LogP contribution in [-0.4, -0.2) is 65.3 Å². The molecule has 41 heavy (non-hydrogen) atoms. The van der Waals surface area contributed by atoms with E-state index in [9.17, 15) is 23.6 Å². The zero-order valence-corrected chi connectivity index (χ0v) is 24.2. The first kappa shape index (κ1) is 31.6. The zero-order chi connectivity index (χ0) is 30.3. The SMILES string of the molecule is CCN(CC1CN(/C(=N\C#N)Nc2cccc(OC(F)F)c2)N=C1c1ccc(Cl)c(Cl)c1)C(=O)C(C)(C)OC(C)=O. The summed E-state index contributed by atoms with van der Waals surface area (Å²) in [6.07, 6.45) is 1.72. The third-order valence-corrected chi connectivity index (χ3v) is 6.70. The van der Waals surface area contributed by atoms with Crippen molar-refractivity contribution in [3.63, 3.8) is 0 Å². The number of alkyl halides is 2. The number of hydrogen-bond acceptors (Lipinski definition) is 7. The number of esters is 1. The first-order valence-corrected chi connectivity index (χ1v) is 13.2. The number of carbonyl (C=O) groups excluding carboxylic acids is 2. The largest absolute Gasteiger partial charge is 0.450 e. The highest BCUT2D eigenvalue weighted by molar-refractivity contribution is 6.42. The Bertz CT molecular complexity index is 1400. The Hall–Kier alpha value is -3.95. The summed E-state index contributed by atoms with van der Waals surface area (Å²) in [5.74, 6) is -1.48. The van der Waals surface area contributed by atoms with Crippen molar-refractivity contribution in [3.8, 4) is 11.9 Å². The molecule has 1 atom stereocenters. The summed E-state index contributed by atoms with van der Waals surface area (Å²) in [5, 5.41) is 19.1. The number of aliphatic imine (C=N–C) groups is 1. The molecule has 0 bridgehead atoms. The minimum absolute atomic E-state index is 0.0105. The van der Waals surface area contributed by atoms with Gasteiger partial charge in [0, 0.05) is 37.7 Å². The second-order valence-corrected chi connectivity index (χ2v) is 10.2. The lowest BCUT2D eigenvalue weighted by Gasteiger charge is -2.32. The fraction of sp³-hybridized carbons (Fsp3) is 0.370. The Morgan fingerprint density at radius 3 is 2.61 bits per heavy atom. The van der Waals surface area contributed by atoms with Crippen LogP contribution in [-0.2, 0) is 14.3 Å². The van der Waals surface area contributed by atoms with Gasteiger partial charge in [0.2, 0.25) is 12.2 Å². The number of rotatable bonds is 9. The van der Waals surface area contributed by atoms with Gasteiger partial charge in [0.05, 0.1) is 22.3 Å². The van der Waals surface area contributed by atoms with Crippen molar-refractivity contribution in [2.45, 2.75) is 39.9 Å². The van der Waals surface area contributed by atoms with Crippen LogP contribution in [0.25, 0.3) is 0 Å². The lowest BCUT2D eigenvalue weighted by Crippen LogP contribution is -2.50. The fourth-order valence-corrected chi connectivity index (χ4v) is 4.55. The van der Waals surface area contributed by atoms with Crippen LogP contribution in [0.4, 0.5) is 14.5 Å². The normalized spacial score (nSPS) is 15.3. The molecule has 14 heteroatoms. The molecule has 2 aromatic rings. The second-order valence-electron chi connectivity index (χ2n) is 9.41. The van der Waals surface area contributed by atoms with Gasteiger partial charge in [0.25, 0.3) is 5.91 Å². The number of nitrogens with one attached hydrogen (secondary N) is 1. The molecule has 0 fully saturated rings. The minimum Gasteiger partial charge on any atom is -0.450 e. The van der Waals surface area contributed by atoms with Gasteiger partial charge in [0.15, 0.2) is 5.60 Å². The summed E-state index contributed by atoms with van der Waals surface area (Å²) in [4.78, 5) is 30.3. The monoisotopic (exact) mass is 608 g/mol. The van der Waals surface area contributed by atoms with Crippen LogP contribution in [0.15, 0.2) is 52.6 Å². The Balaban J connectivity index is 1.96. The van der Waals surface area contributed by atoms with Gasteiger partial charge in [-0.1, -0.05) is 35.3 Å². The maximum Gasteiger partial charge on any atom is 0.387 e. The van der Waals surface area contributed by atoms with Crippen LogP contribution in [0, 0.1) is 17.4 Å². The average Bonchev–Trinajstić information content (AvgIpc) is 3.31. The van der Waals surface area contributed by atoms with E-state index in [0.29, 0.717) is 33.6 Å². The van der Waals surface area contributed by atoms with E-state index < -0.39 is 30.0 Å². The topological polar surface area (TPSA) is 120 Å². The summed E-state index contributed by atoms with van der Waals surface area (Å²) in [6.45, 7) is 3.70. The van der Waals surface area contributed by atoms with Crippen LogP contribution in [0.2, 0.25) is 10.0 Å². The minimum atomic E-state index is -3.01. The quantitative estimate of drug-likeness (QED) is 0.176. The Morgan fingerprint density at radius 1 is 1.27 bits per heavy atom. The van der Waals surface area contributed by atoms with Crippen LogP contribution in [0.5, 0.6) is 5.75 Å². The van der Waals surface area contributed by atoms with Crippen molar-refractivity contribution >= 4 is 52.4 Å². The number of likely N-dealkylation sites (N-methyl/N-ethyl adjacent to an activating group) is 1. The van der Waals surface area contributed by atoms with E-state index in [0.717, 1.165) is 0 Å². The molecule has 0 saturated carbocycles. The van der Waals surface area contributed by atoms with Crippen LogP contribution >= 0.6 is 23.2 Å². The number of amides is 1. The van der Waals surface area contributed by atoms with Gasteiger partial charge < -0.3 is 19.7 Å². The number of nitrogens with zero attached hydrogens (tertiary/aromatic N) is 5. The number of ether oxygens (including phenoxy) is 2. The highest BCUT2D eigenvalue weighted by Gasteiger charge is 2.38. The molecular weight excluding hydrogens is 581 g/mol. The molecule has 1 N–H and O–H groups in total. The molecule has 0 aliphatic carbocycles. The van der Waals surface area contributed by atoms with Crippen molar-refractivity contribution < 1.29 is 27.8 Å². The van der Waals surface area contributed by atoms with Crippen molar-refractivity contribution in [2.75, 3.05) is 25.0 Å². The molecule has 0 aromatic heterocycles. The third-order valence-electron chi connectivity index (χ3n) is 5.96. The molecule has 218 valence electrons. The molecule has 0 spiro atoms. The lowest BCUT2D eigenvalue weighted by atomic mass is 9.96. The molecule has 2 aromatic carbocycles. The van der Waals surface area contributed by atoms with Gasteiger partial charge in [-0.2, -0.15) is 19.1 Å². The number of anilines is 1. The summed E-state index contributed by atoms with van der Waals surface area (Å²) in [5.41, 5.74) is 0.0717. The number of carbonyl (C=O) groups is 2. The predicted molar refractivity (Wildman–Crippen MR) is 151 cm³/mol. The Kier molecular flexibility index (Phi) is 10.5. The third kappa shape index (κ3) is 8.28. The van der Waals surface area contributed by atoms with Crippen LogP contribution < -0.4 is 10.1 Å². The first-order chi connectivity index (χ1) is 19.3. The molecule has 1 unspecified atom stereocenters. The van der Waals surface area contributed by atoms with Crippen LogP contribution in [0.1, 0.15) is 33.3 Å². The molecule has 10 nitrogen and oxygen atoms in total. The zero-order valence-electron chi connectivity index (χ0n) is 22.7. The summed E-state index contributed by atoms with van der Waals surface area (Å²) in [7, 11) is 0. The van der Waals surface area contributed by atoms with Crippen LogP contribution in [0.3, 0.4) is 0 Å². The number of benzene rings is 2. The Morgan fingerprint density at radius 2 is 2.00 bits per heavy atom. The van der Waals surface area contributed by atoms with Gasteiger partial charge in [0.1, 0.15) is 5.75 Å². The standard InChI is InChI=1S/C27H28Cl2F2N6O4/c1-5-36(24(39)27(3,4)41-16(2)38)13-18-14-37(35-23(18)17-9-10-21(28)22(29)11-17)26(33-15-32)34-19-7-6-8-20(12-19)40-25(30)31/h6-12,18,25H,5,13-14H2,1-4H3,(H,33,34). The molecule has 1 heterocycles. The number of hydrazone groups is 1. The predicted octanol–water partition coefficient (Wildman–Crippen LogP) is 5.37. The highest BCUT2D eigenvalue weighted by atomic mass is 35.5. The number of hydrogen-bond donors (Lipinski definition) is 1. The fourth-order valence-electron chi connectivity index (χ4n) is 4.26. The summed E-state index contributed by atoms with van der Waals surface area (Å²) >= 11 is 12.4. The van der Waals surface area contributed by atoms with Crippen molar-refractivity contribution in [1.82, 2.24) is 9.91 Å². The van der Waals surface area contributed by atoms with E-state index in [1.54, 1.807) is 42.3 Å². The van der Waals surface area contributed by atoms with E-state index in [1.165, 1.54) is 44.0 Å². The molecule has 1 aliphatic rings. The maximum atomic E-state index is 13.3. The number of nitriles is 1. The van der Waals surface area contributed by atoms with Gasteiger partial charge in [-0.3, -0.25) is 9.59 Å². The molecule has 0 saturated heterocycles. The van der Waals surface area contributed by atoms with Gasteiger partial charge in [-0.25, -0.2) is 5.01 Å². The number of halogens is 4. The van der Waals surface area contributed by atoms with Gasteiger partial charge in [-0.05, 0) is 50.6 Å². The molecular formula is C27H28Cl2F2N6O4. The summed E-state index contributed by atoms with van der Waals surface area (Å²) in [6, 6.07) is 10.7. The molecule has 1 aliphatic heterocycles. The van der Waals surface area contributed by atoms with E-state index in [2.05, 4.69) is 20.1 Å².